The van der Waals surface area contributed by atoms with Crippen LogP contribution in [0.5, 0.6) is 0 Å². The summed E-state index contributed by atoms with van der Waals surface area (Å²) in [6, 6.07) is 0. The molecule has 1 aliphatic heterocycles. The van der Waals surface area contributed by atoms with Gasteiger partial charge >= 0.3 is 0 Å². The lowest BCUT2D eigenvalue weighted by Gasteiger charge is -2.21. The van der Waals surface area contributed by atoms with E-state index in [1.54, 1.807) is 0 Å². The van der Waals surface area contributed by atoms with E-state index < -0.39 is 0 Å². The summed E-state index contributed by atoms with van der Waals surface area (Å²) in [5, 5.41) is 3.35. The minimum Gasteiger partial charge on any atom is -0.317 e. The zero-order chi connectivity index (χ0) is 9.10. The molecule has 1 fully saturated rings. The van der Waals surface area contributed by atoms with Crippen LogP contribution in [0.4, 0.5) is 0 Å². The molecular weight excluding hydrogens is 162 g/mol. The molecule has 0 aromatic carbocycles. The van der Waals surface area contributed by atoms with E-state index in [1.165, 1.54) is 12.8 Å². The Bertz CT molecular complexity index is 284. The van der Waals surface area contributed by atoms with Crippen LogP contribution in [0.3, 0.4) is 0 Å². The third kappa shape index (κ3) is 1.65. The minimum atomic E-state index is 0.606. The molecule has 0 aliphatic carbocycles. The molecule has 0 atom stereocenters. The van der Waals surface area contributed by atoms with Crippen molar-refractivity contribution in [1.29, 1.82) is 0 Å². The van der Waals surface area contributed by atoms with Crippen molar-refractivity contribution in [1.82, 2.24) is 14.9 Å². The maximum Gasteiger partial charge on any atom is 0.115 e. The summed E-state index contributed by atoms with van der Waals surface area (Å²) in [6.45, 7) is 5.98. The van der Waals surface area contributed by atoms with Gasteiger partial charge in [0.1, 0.15) is 5.82 Å². The second kappa shape index (κ2) is 3.75. The largest absolute Gasteiger partial charge is 0.317 e. The Morgan fingerprint density at radius 3 is 3.00 bits per heavy atom. The van der Waals surface area contributed by atoms with Gasteiger partial charge in [-0.15, -0.1) is 0 Å². The molecule has 1 aromatic heterocycles. The number of rotatable bonds is 2. The molecule has 2 heterocycles. The van der Waals surface area contributed by atoms with Crippen LogP contribution in [-0.4, -0.2) is 22.6 Å². The van der Waals surface area contributed by atoms with Gasteiger partial charge in [-0.1, -0.05) is 6.58 Å². The molecule has 3 nitrogen and oxygen atoms in total. The predicted octanol–water partition coefficient (Wildman–Crippen LogP) is 1.45. The van der Waals surface area contributed by atoms with E-state index in [4.69, 9.17) is 0 Å². The molecule has 1 N–H and O–H groups in total. The fourth-order valence-corrected chi connectivity index (χ4v) is 1.88. The van der Waals surface area contributed by atoms with Gasteiger partial charge in [-0.25, -0.2) is 4.98 Å². The Hall–Kier alpha value is -1.09. The van der Waals surface area contributed by atoms with Gasteiger partial charge in [0, 0.05) is 24.5 Å². The second-order valence-electron chi connectivity index (χ2n) is 3.40. The average molecular weight is 177 g/mol. The number of nitrogens with one attached hydrogen (secondary N) is 1. The summed E-state index contributed by atoms with van der Waals surface area (Å²) in [7, 11) is 0. The Kier molecular flexibility index (Phi) is 2.45. The molecule has 2 rings (SSSR count). The Balaban J connectivity index is 2.17. The molecule has 3 heteroatoms. The van der Waals surface area contributed by atoms with Crippen LogP contribution in [0.2, 0.25) is 0 Å². The molecular formula is C10H15N3. The van der Waals surface area contributed by atoms with E-state index >= 15 is 0 Å². The number of hydrogen-bond donors (Lipinski definition) is 1. The highest BCUT2D eigenvalue weighted by atomic mass is 15.1. The summed E-state index contributed by atoms with van der Waals surface area (Å²) < 4.78 is 2.02. The summed E-state index contributed by atoms with van der Waals surface area (Å²) >= 11 is 0. The third-order valence-corrected chi connectivity index (χ3v) is 2.60. The van der Waals surface area contributed by atoms with Crippen molar-refractivity contribution in [3.63, 3.8) is 0 Å². The van der Waals surface area contributed by atoms with Crippen molar-refractivity contribution < 1.29 is 0 Å². The molecule has 0 unspecified atom stereocenters. The van der Waals surface area contributed by atoms with Crippen LogP contribution in [0, 0.1) is 0 Å². The Morgan fingerprint density at radius 2 is 2.31 bits per heavy atom. The van der Waals surface area contributed by atoms with Gasteiger partial charge in [0.05, 0.1) is 0 Å². The lowest BCUT2D eigenvalue weighted by atomic mass is 9.97. The molecule has 0 radical (unpaired) electrons. The first-order chi connectivity index (χ1) is 6.42. The monoisotopic (exact) mass is 177 g/mol. The topological polar surface area (TPSA) is 29.9 Å². The zero-order valence-electron chi connectivity index (χ0n) is 7.74. The fourth-order valence-electron chi connectivity index (χ4n) is 1.88. The Morgan fingerprint density at radius 1 is 1.54 bits per heavy atom. The van der Waals surface area contributed by atoms with Crippen LogP contribution in [-0.2, 0) is 0 Å². The highest BCUT2D eigenvalue weighted by Crippen LogP contribution is 2.23. The van der Waals surface area contributed by atoms with Crippen LogP contribution < -0.4 is 5.32 Å². The van der Waals surface area contributed by atoms with E-state index in [1.807, 2.05) is 23.2 Å². The smallest absolute Gasteiger partial charge is 0.115 e. The van der Waals surface area contributed by atoms with Crippen molar-refractivity contribution in [2.45, 2.75) is 18.8 Å². The van der Waals surface area contributed by atoms with Crippen LogP contribution in [0.1, 0.15) is 24.6 Å². The van der Waals surface area contributed by atoms with Crippen molar-refractivity contribution in [3.05, 3.63) is 24.8 Å². The number of nitrogens with zero attached hydrogens (tertiary/aromatic N) is 2. The SMILES string of the molecule is C=Cn1ccnc1C1CCNCC1. The molecule has 0 saturated carbocycles. The first-order valence-electron chi connectivity index (χ1n) is 4.78. The zero-order valence-corrected chi connectivity index (χ0v) is 7.74. The van der Waals surface area contributed by atoms with Crippen LogP contribution >= 0.6 is 0 Å². The van der Waals surface area contributed by atoms with E-state index in [0.717, 1.165) is 18.9 Å². The number of piperidine rings is 1. The molecule has 1 aliphatic rings. The van der Waals surface area contributed by atoms with Gasteiger partial charge in [0.15, 0.2) is 0 Å². The lowest BCUT2D eigenvalue weighted by molar-refractivity contribution is 0.443. The number of hydrogen-bond acceptors (Lipinski definition) is 2. The van der Waals surface area contributed by atoms with Crippen molar-refractivity contribution in [2.75, 3.05) is 13.1 Å². The quantitative estimate of drug-likeness (QED) is 0.741. The van der Waals surface area contributed by atoms with Gasteiger partial charge in [0.2, 0.25) is 0 Å². The standard InChI is InChI=1S/C10H15N3/c1-2-13-8-7-12-10(13)9-3-5-11-6-4-9/h2,7-9,11H,1,3-6H2. The van der Waals surface area contributed by atoms with E-state index in [2.05, 4.69) is 16.9 Å². The number of aromatic nitrogens is 2. The Labute approximate surface area is 78.5 Å². The highest BCUT2D eigenvalue weighted by molar-refractivity contribution is 5.21. The average Bonchev–Trinajstić information content (AvgIpc) is 2.67. The maximum absolute atomic E-state index is 4.37. The highest BCUT2D eigenvalue weighted by Gasteiger charge is 2.18. The molecule has 1 saturated heterocycles. The number of imidazole rings is 1. The van der Waals surface area contributed by atoms with Crippen molar-refractivity contribution in [3.8, 4) is 0 Å². The summed E-state index contributed by atoms with van der Waals surface area (Å²) in [5.74, 6) is 1.77. The van der Waals surface area contributed by atoms with Gasteiger partial charge in [-0.2, -0.15) is 0 Å². The molecule has 13 heavy (non-hydrogen) atoms. The predicted molar refractivity (Wildman–Crippen MR) is 53.5 cm³/mol. The summed E-state index contributed by atoms with van der Waals surface area (Å²) in [4.78, 5) is 4.37. The molecule has 0 spiro atoms. The maximum atomic E-state index is 4.37. The molecule has 0 amide bonds. The third-order valence-electron chi connectivity index (χ3n) is 2.60. The van der Waals surface area contributed by atoms with Gasteiger partial charge in [0.25, 0.3) is 0 Å². The van der Waals surface area contributed by atoms with Crippen LogP contribution in [0.25, 0.3) is 6.20 Å². The first kappa shape index (κ1) is 8.51. The van der Waals surface area contributed by atoms with E-state index in [0.29, 0.717) is 5.92 Å². The van der Waals surface area contributed by atoms with Crippen LogP contribution in [0.15, 0.2) is 19.0 Å². The second-order valence-corrected chi connectivity index (χ2v) is 3.40. The summed E-state index contributed by atoms with van der Waals surface area (Å²) in [5.41, 5.74) is 0. The molecule has 70 valence electrons. The van der Waals surface area contributed by atoms with Gasteiger partial charge in [-0.05, 0) is 25.9 Å². The molecule has 1 aromatic rings. The van der Waals surface area contributed by atoms with Crippen molar-refractivity contribution >= 4 is 6.20 Å². The fraction of sp³-hybridized carbons (Fsp3) is 0.500. The first-order valence-corrected chi connectivity index (χ1v) is 4.78. The van der Waals surface area contributed by atoms with Crippen molar-refractivity contribution in [2.24, 2.45) is 0 Å². The lowest BCUT2D eigenvalue weighted by Crippen LogP contribution is -2.27. The normalized spacial score (nSPS) is 18.8. The molecule has 0 bridgehead atoms. The van der Waals surface area contributed by atoms with E-state index in [-0.39, 0.29) is 0 Å². The summed E-state index contributed by atoms with van der Waals surface area (Å²) in [6.07, 6.45) is 8.00. The van der Waals surface area contributed by atoms with Gasteiger partial charge in [-0.3, -0.25) is 0 Å². The van der Waals surface area contributed by atoms with Gasteiger partial charge < -0.3 is 9.88 Å². The minimum absolute atomic E-state index is 0.606. The van der Waals surface area contributed by atoms with E-state index in [9.17, 15) is 0 Å².